The van der Waals surface area contributed by atoms with Crippen LogP contribution in [0.5, 0.6) is 0 Å². The van der Waals surface area contributed by atoms with E-state index in [9.17, 15) is 14.9 Å². The normalized spacial score (nSPS) is 10.1. The zero-order valence-electron chi connectivity index (χ0n) is 11.4. The third kappa shape index (κ3) is 3.33. The van der Waals surface area contributed by atoms with Crippen molar-refractivity contribution in [2.75, 3.05) is 5.73 Å². The molecule has 2 rings (SSSR count). The van der Waals surface area contributed by atoms with E-state index in [1.165, 1.54) is 6.07 Å². The highest BCUT2D eigenvalue weighted by molar-refractivity contribution is 5.98. The van der Waals surface area contributed by atoms with Crippen LogP contribution in [0.15, 0.2) is 36.5 Å². The lowest BCUT2D eigenvalue weighted by molar-refractivity contribution is -0.385. The Kier molecular flexibility index (Phi) is 4.13. The standard InChI is InChI=1S/C14H14N4O3/c1-9-4-2-3-5-10(9)7-17-14(19)11-6-13(15)16-8-12(11)18(20)21/h2-6,8H,7H2,1H3,(H2,15,16)(H,17,19). The Hall–Kier alpha value is -2.96. The van der Waals surface area contributed by atoms with Crippen LogP contribution in [0.1, 0.15) is 21.5 Å². The van der Waals surface area contributed by atoms with E-state index in [0.29, 0.717) is 0 Å². The summed E-state index contributed by atoms with van der Waals surface area (Å²) >= 11 is 0. The molecule has 0 radical (unpaired) electrons. The molecular weight excluding hydrogens is 272 g/mol. The maximum atomic E-state index is 12.1. The van der Waals surface area contributed by atoms with Gasteiger partial charge in [-0.1, -0.05) is 24.3 Å². The van der Waals surface area contributed by atoms with E-state index in [1.807, 2.05) is 31.2 Å². The molecule has 0 bridgehead atoms. The topological polar surface area (TPSA) is 111 Å². The Balaban J connectivity index is 2.19. The molecule has 1 aromatic carbocycles. The van der Waals surface area contributed by atoms with Gasteiger partial charge in [-0.3, -0.25) is 14.9 Å². The van der Waals surface area contributed by atoms with E-state index in [4.69, 9.17) is 5.73 Å². The summed E-state index contributed by atoms with van der Waals surface area (Å²) in [6.07, 6.45) is 0.984. The summed E-state index contributed by atoms with van der Waals surface area (Å²) in [7, 11) is 0. The van der Waals surface area contributed by atoms with E-state index in [0.717, 1.165) is 17.3 Å². The highest BCUT2D eigenvalue weighted by atomic mass is 16.6. The number of nitrogens with one attached hydrogen (secondary N) is 1. The maximum absolute atomic E-state index is 12.1. The molecule has 7 heteroatoms. The monoisotopic (exact) mass is 286 g/mol. The number of hydrogen-bond acceptors (Lipinski definition) is 5. The van der Waals surface area contributed by atoms with E-state index < -0.39 is 10.8 Å². The van der Waals surface area contributed by atoms with Gasteiger partial charge in [-0.25, -0.2) is 4.98 Å². The predicted octanol–water partition coefficient (Wildman–Crippen LogP) is 1.81. The minimum absolute atomic E-state index is 0.0571. The van der Waals surface area contributed by atoms with Gasteiger partial charge in [0.05, 0.1) is 4.92 Å². The van der Waals surface area contributed by atoms with Gasteiger partial charge in [0, 0.05) is 6.54 Å². The van der Waals surface area contributed by atoms with Gasteiger partial charge < -0.3 is 11.1 Å². The first kappa shape index (κ1) is 14.4. The zero-order chi connectivity index (χ0) is 15.4. The number of anilines is 1. The second-order valence-electron chi connectivity index (χ2n) is 4.49. The van der Waals surface area contributed by atoms with E-state index >= 15 is 0 Å². The Morgan fingerprint density at radius 1 is 1.43 bits per heavy atom. The largest absolute Gasteiger partial charge is 0.384 e. The van der Waals surface area contributed by atoms with Crippen molar-refractivity contribution in [1.82, 2.24) is 10.3 Å². The van der Waals surface area contributed by atoms with Crippen LogP contribution in [0, 0.1) is 17.0 Å². The average molecular weight is 286 g/mol. The third-order valence-corrected chi connectivity index (χ3v) is 3.05. The number of hydrogen-bond donors (Lipinski definition) is 2. The lowest BCUT2D eigenvalue weighted by atomic mass is 10.1. The van der Waals surface area contributed by atoms with Gasteiger partial charge in [-0.05, 0) is 24.1 Å². The first-order valence-electron chi connectivity index (χ1n) is 6.21. The van der Waals surface area contributed by atoms with Crippen LogP contribution in [-0.4, -0.2) is 15.8 Å². The summed E-state index contributed by atoms with van der Waals surface area (Å²) in [6, 6.07) is 8.76. The maximum Gasteiger partial charge on any atom is 0.300 e. The molecule has 1 heterocycles. The number of benzene rings is 1. The lowest BCUT2D eigenvalue weighted by Crippen LogP contribution is -2.24. The molecule has 0 unspecified atom stereocenters. The summed E-state index contributed by atoms with van der Waals surface area (Å²) in [4.78, 5) is 26.0. The number of aryl methyl sites for hydroxylation is 1. The summed E-state index contributed by atoms with van der Waals surface area (Å²) in [5.41, 5.74) is 6.99. The molecule has 0 aliphatic heterocycles. The van der Waals surface area contributed by atoms with Crippen LogP contribution in [0.25, 0.3) is 0 Å². The predicted molar refractivity (Wildman–Crippen MR) is 77.7 cm³/mol. The number of nitrogens with zero attached hydrogens (tertiary/aromatic N) is 2. The summed E-state index contributed by atoms with van der Waals surface area (Å²) in [6.45, 7) is 2.21. The number of amides is 1. The molecule has 2 aromatic rings. The fourth-order valence-corrected chi connectivity index (χ4v) is 1.87. The van der Waals surface area contributed by atoms with Crippen molar-refractivity contribution in [3.8, 4) is 0 Å². The number of aromatic nitrogens is 1. The van der Waals surface area contributed by atoms with Crippen molar-refractivity contribution < 1.29 is 9.72 Å². The smallest absolute Gasteiger partial charge is 0.300 e. The average Bonchev–Trinajstić information content (AvgIpc) is 2.45. The minimum atomic E-state index is -0.658. The number of nitrogen functional groups attached to an aromatic ring is 1. The van der Waals surface area contributed by atoms with Crippen LogP contribution in [0.3, 0.4) is 0 Å². The van der Waals surface area contributed by atoms with Gasteiger partial charge >= 0.3 is 0 Å². The molecular formula is C14H14N4O3. The number of carbonyl (C=O) groups excluding carboxylic acids is 1. The molecule has 0 fully saturated rings. The highest BCUT2D eigenvalue weighted by Gasteiger charge is 2.21. The van der Waals surface area contributed by atoms with Crippen molar-refractivity contribution in [3.63, 3.8) is 0 Å². The van der Waals surface area contributed by atoms with E-state index in [2.05, 4.69) is 10.3 Å². The SMILES string of the molecule is Cc1ccccc1CNC(=O)c1cc(N)ncc1[N+](=O)[O-]. The number of nitrogens with two attached hydrogens (primary N) is 1. The first-order chi connectivity index (χ1) is 9.99. The Labute approximate surface area is 121 Å². The van der Waals surface area contributed by atoms with Crippen LogP contribution in [0.4, 0.5) is 11.5 Å². The van der Waals surface area contributed by atoms with Crippen molar-refractivity contribution in [2.24, 2.45) is 0 Å². The Bertz CT molecular complexity index is 700. The molecule has 108 valence electrons. The molecule has 0 saturated heterocycles. The quantitative estimate of drug-likeness (QED) is 0.657. The van der Waals surface area contributed by atoms with Crippen LogP contribution in [0.2, 0.25) is 0 Å². The van der Waals surface area contributed by atoms with Gasteiger partial charge in [0.25, 0.3) is 11.6 Å². The van der Waals surface area contributed by atoms with Crippen molar-refractivity contribution in [3.05, 3.63) is 63.3 Å². The number of nitro groups is 1. The number of carbonyl (C=O) groups is 1. The molecule has 0 aliphatic carbocycles. The number of pyridine rings is 1. The molecule has 1 amide bonds. The lowest BCUT2D eigenvalue weighted by Gasteiger charge is -2.08. The molecule has 7 nitrogen and oxygen atoms in total. The fourth-order valence-electron chi connectivity index (χ4n) is 1.87. The molecule has 0 atom stereocenters. The third-order valence-electron chi connectivity index (χ3n) is 3.05. The van der Waals surface area contributed by atoms with Gasteiger partial charge in [-0.15, -0.1) is 0 Å². The summed E-state index contributed by atoms with van der Waals surface area (Å²) in [5.74, 6) is -0.499. The second kappa shape index (κ2) is 6.00. The van der Waals surface area contributed by atoms with Crippen molar-refractivity contribution in [2.45, 2.75) is 13.5 Å². The van der Waals surface area contributed by atoms with Gasteiger partial charge in [0.2, 0.25) is 0 Å². The molecule has 1 aromatic heterocycles. The minimum Gasteiger partial charge on any atom is -0.384 e. The molecule has 21 heavy (non-hydrogen) atoms. The summed E-state index contributed by atoms with van der Waals surface area (Å²) < 4.78 is 0. The highest BCUT2D eigenvalue weighted by Crippen LogP contribution is 2.19. The Morgan fingerprint density at radius 3 is 2.81 bits per heavy atom. The van der Waals surface area contributed by atoms with Crippen molar-refractivity contribution in [1.29, 1.82) is 0 Å². The molecule has 0 spiro atoms. The van der Waals surface area contributed by atoms with Crippen LogP contribution < -0.4 is 11.1 Å². The zero-order valence-corrected chi connectivity index (χ0v) is 11.4. The first-order valence-corrected chi connectivity index (χ1v) is 6.21. The van der Waals surface area contributed by atoms with Gasteiger partial charge in [-0.2, -0.15) is 0 Å². The van der Waals surface area contributed by atoms with Crippen LogP contribution in [-0.2, 0) is 6.54 Å². The Morgan fingerprint density at radius 2 is 2.14 bits per heavy atom. The van der Waals surface area contributed by atoms with E-state index in [1.54, 1.807) is 0 Å². The molecule has 0 aliphatic rings. The number of rotatable bonds is 4. The summed E-state index contributed by atoms with van der Waals surface area (Å²) in [5, 5.41) is 13.6. The van der Waals surface area contributed by atoms with Crippen molar-refractivity contribution >= 4 is 17.4 Å². The van der Waals surface area contributed by atoms with Crippen LogP contribution >= 0.6 is 0 Å². The van der Waals surface area contributed by atoms with E-state index in [-0.39, 0.29) is 23.6 Å². The second-order valence-corrected chi connectivity index (χ2v) is 4.49. The van der Waals surface area contributed by atoms with Gasteiger partial charge in [0.1, 0.15) is 17.6 Å². The van der Waals surface area contributed by atoms with Gasteiger partial charge in [0.15, 0.2) is 0 Å². The molecule has 0 saturated carbocycles. The fraction of sp³-hybridized carbons (Fsp3) is 0.143. The molecule has 3 N–H and O–H groups in total.